The molecule has 1 aliphatic rings. The van der Waals surface area contributed by atoms with E-state index in [0.29, 0.717) is 24.6 Å². The van der Waals surface area contributed by atoms with E-state index in [-0.39, 0.29) is 18.2 Å². The number of nitrogens with zero attached hydrogens (tertiary/aromatic N) is 2. The molecule has 1 aromatic heterocycles. The Balaban J connectivity index is 1.63. The summed E-state index contributed by atoms with van der Waals surface area (Å²) < 4.78 is 23.7. The van der Waals surface area contributed by atoms with Gasteiger partial charge < -0.3 is 14.1 Å². The largest absolute Gasteiger partial charge is 0.486 e. The second-order valence-corrected chi connectivity index (χ2v) is 5.97. The molecule has 2 aromatic rings. The Morgan fingerprint density at radius 2 is 1.88 bits per heavy atom. The zero-order valence-electron chi connectivity index (χ0n) is 14.0. The molecule has 7 heteroatoms. The fraction of sp³-hybridized carbons (Fsp3) is 0.316. The van der Waals surface area contributed by atoms with Crippen molar-refractivity contribution in [2.75, 3.05) is 13.1 Å². The van der Waals surface area contributed by atoms with E-state index >= 15 is 0 Å². The van der Waals surface area contributed by atoms with E-state index < -0.39 is 17.6 Å². The third kappa shape index (κ3) is 3.91. The quantitative estimate of drug-likeness (QED) is 0.587. The van der Waals surface area contributed by atoms with Crippen molar-refractivity contribution in [1.82, 2.24) is 4.90 Å². The van der Waals surface area contributed by atoms with Crippen LogP contribution in [0, 0.1) is 23.1 Å². The topological polar surface area (TPSA) is 83.5 Å². The number of Topliss-reactive ketones (excluding diaryl/α,β-unsaturated/α-hetero) is 1. The minimum atomic E-state index is -1.40. The van der Waals surface area contributed by atoms with Gasteiger partial charge in [-0.05, 0) is 49.2 Å². The van der Waals surface area contributed by atoms with Crippen molar-refractivity contribution in [2.45, 2.75) is 19.4 Å². The average Bonchev–Trinajstić information content (AvgIpc) is 3.33. The van der Waals surface area contributed by atoms with E-state index in [0.717, 1.165) is 12.8 Å². The van der Waals surface area contributed by atoms with E-state index in [1.807, 2.05) is 0 Å². The van der Waals surface area contributed by atoms with Crippen molar-refractivity contribution in [2.24, 2.45) is 5.92 Å². The molecule has 0 N–H and O–H groups in total. The lowest BCUT2D eigenvalue weighted by atomic mass is 10.0. The van der Waals surface area contributed by atoms with Gasteiger partial charge in [-0.25, -0.2) is 4.39 Å². The molecule has 2 heterocycles. The van der Waals surface area contributed by atoms with Gasteiger partial charge in [0.15, 0.2) is 11.7 Å². The van der Waals surface area contributed by atoms with Crippen molar-refractivity contribution in [3.05, 3.63) is 53.7 Å². The molecule has 26 heavy (non-hydrogen) atoms. The summed E-state index contributed by atoms with van der Waals surface area (Å²) in [7, 11) is 0. The Bertz CT molecular complexity index is 832. The first-order valence-corrected chi connectivity index (χ1v) is 8.28. The molecule has 0 spiro atoms. The number of halogens is 1. The zero-order valence-corrected chi connectivity index (χ0v) is 14.0. The van der Waals surface area contributed by atoms with Crippen LogP contribution in [0.2, 0.25) is 0 Å². The Kier molecular flexibility index (Phi) is 5.32. The van der Waals surface area contributed by atoms with Crippen LogP contribution < -0.4 is 4.74 Å². The Morgan fingerprint density at radius 1 is 1.19 bits per heavy atom. The SMILES string of the molecule is N#C[C@H](C(=O)c1ccc(COc2ccc(F)cc2)o1)C(=O)N1CCCC1. The van der Waals surface area contributed by atoms with Gasteiger partial charge in [-0.1, -0.05) is 0 Å². The number of benzene rings is 1. The maximum absolute atomic E-state index is 12.9. The highest BCUT2D eigenvalue weighted by atomic mass is 19.1. The van der Waals surface area contributed by atoms with Gasteiger partial charge in [-0.2, -0.15) is 5.26 Å². The van der Waals surface area contributed by atoms with Gasteiger partial charge in [0.2, 0.25) is 11.7 Å². The first-order valence-electron chi connectivity index (χ1n) is 8.28. The predicted molar refractivity (Wildman–Crippen MR) is 88.7 cm³/mol. The molecule has 3 rings (SSSR count). The van der Waals surface area contributed by atoms with Gasteiger partial charge in [0.25, 0.3) is 0 Å². The lowest BCUT2D eigenvalue weighted by Crippen LogP contribution is -2.36. The van der Waals surface area contributed by atoms with E-state index in [4.69, 9.17) is 9.15 Å². The van der Waals surface area contributed by atoms with Crippen LogP contribution >= 0.6 is 0 Å². The van der Waals surface area contributed by atoms with Crippen LogP contribution in [-0.2, 0) is 11.4 Å². The number of rotatable bonds is 6. The Morgan fingerprint density at radius 3 is 2.54 bits per heavy atom. The van der Waals surface area contributed by atoms with Gasteiger partial charge in [0.1, 0.15) is 23.9 Å². The number of carbonyl (C=O) groups is 2. The van der Waals surface area contributed by atoms with Gasteiger partial charge in [0, 0.05) is 13.1 Å². The molecule has 1 aromatic carbocycles. The maximum atomic E-state index is 12.9. The zero-order chi connectivity index (χ0) is 18.5. The smallest absolute Gasteiger partial charge is 0.248 e. The summed E-state index contributed by atoms with van der Waals surface area (Å²) in [6.45, 7) is 1.18. The number of carbonyl (C=O) groups excluding carboxylic acids is 2. The van der Waals surface area contributed by atoms with Crippen LogP contribution in [0.4, 0.5) is 4.39 Å². The third-order valence-corrected chi connectivity index (χ3v) is 4.16. The molecule has 134 valence electrons. The maximum Gasteiger partial charge on any atom is 0.248 e. The highest BCUT2D eigenvalue weighted by molar-refractivity contribution is 6.10. The van der Waals surface area contributed by atoms with Crippen LogP contribution in [0.15, 0.2) is 40.8 Å². The summed E-state index contributed by atoms with van der Waals surface area (Å²) in [6.07, 6.45) is 1.76. The van der Waals surface area contributed by atoms with Crippen molar-refractivity contribution in [3.63, 3.8) is 0 Å². The summed E-state index contributed by atoms with van der Waals surface area (Å²) >= 11 is 0. The Hall–Kier alpha value is -3.14. The molecular formula is C19H17FN2O4. The monoisotopic (exact) mass is 356 g/mol. The second kappa shape index (κ2) is 7.83. The first-order chi connectivity index (χ1) is 12.6. The van der Waals surface area contributed by atoms with E-state index in [2.05, 4.69) is 0 Å². The molecule has 6 nitrogen and oxygen atoms in total. The van der Waals surface area contributed by atoms with E-state index in [1.54, 1.807) is 12.1 Å². The third-order valence-electron chi connectivity index (χ3n) is 4.16. The summed E-state index contributed by atoms with van der Waals surface area (Å²) in [5.74, 6) is -2.13. The minimum Gasteiger partial charge on any atom is -0.486 e. The fourth-order valence-electron chi connectivity index (χ4n) is 2.76. The first kappa shape index (κ1) is 17.7. The molecule has 1 atom stereocenters. The number of hydrogen-bond acceptors (Lipinski definition) is 5. The summed E-state index contributed by atoms with van der Waals surface area (Å²) in [6, 6.07) is 10.3. The van der Waals surface area contributed by atoms with Gasteiger partial charge in [-0.15, -0.1) is 0 Å². The van der Waals surface area contributed by atoms with Crippen LogP contribution in [-0.4, -0.2) is 29.7 Å². The van der Waals surface area contributed by atoms with Crippen LogP contribution in [0.1, 0.15) is 29.2 Å². The van der Waals surface area contributed by atoms with Gasteiger partial charge in [0.05, 0.1) is 6.07 Å². The van der Waals surface area contributed by atoms with E-state index in [9.17, 15) is 19.2 Å². The number of ketones is 1. The molecule has 0 bridgehead atoms. The fourth-order valence-corrected chi connectivity index (χ4v) is 2.76. The highest BCUT2D eigenvalue weighted by Crippen LogP contribution is 2.19. The number of nitriles is 1. The standard InChI is InChI=1S/C19H17FN2O4/c20-13-3-5-14(6-4-13)25-12-15-7-8-17(26-15)18(23)16(11-21)19(24)22-9-1-2-10-22/h3-8,16H,1-2,9-10,12H2/t16-/m1/s1. The minimum absolute atomic E-state index is 0.0379. The Labute approximate surface area is 149 Å². The molecule has 1 saturated heterocycles. The summed E-state index contributed by atoms with van der Waals surface area (Å²) in [5, 5.41) is 9.25. The number of amides is 1. The summed E-state index contributed by atoms with van der Waals surface area (Å²) in [4.78, 5) is 26.3. The summed E-state index contributed by atoms with van der Waals surface area (Å²) in [5.41, 5.74) is 0. The molecule has 1 amide bonds. The van der Waals surface area contributed by atoms with Crippen molar-refractivity contribution < 1.29 is 23.1 Å². The molecule has 0 aliphatic carbocycles. The molecular weight excluding hydrogens is 339 g/mol. The molecule has 0 saturated carbocycles. The predicted octanol–water partition coefficient (Wildman–Crippen LogP) is 2.94. The highest BCUT2D eigenvalue weighted by Gasteiger charge is 2.34. The molecule has 1 fully saturated rings. The molecule has 0 unspecified atom stereocenters. The van der Waals surface area contributed by atoms with Gasteiger partial charge in [-0.3, -0.25) is 9.59 Å². The van der Waals surface area contributed by atoms with Crippen molar-refractivity contribution in [1.29, 1.82) is 5.26 Å². The average molecular weight is 356 g/mol. The van der Waals surface area contributed by atoms with Crippen molar-refractivity contribution >= 4 is 11.7 Å². The second-order valence-electron chi connectivity index (χ2n) is 5.97. The van der Waals surface area contributed by atoms with Crippen LogP contribution in [0.3, 0.4) is 0 Å². The van der Waals surface area contributed by atoms with Gasteiger partial charge >= 0.3 is 0 Å². The van der Waals surface area contributed by atoms with E-state index in [1.165, 1.54) is 35.2 Å². The number of furan rings is 1. The lowest BCUT2D eigenvalue weighted by molar-refractivity contribution is -0.131. The van der Waals surface area contributed by atoms with Crippen molar-refractivity contribution in [3.8, 4) is 11.8 Å². The van der Waals surface area contributed by atoms with Crippen LogP contribution in [0.5, 0.6) is 5.75 Å². The molecule has 0 radical (unpaired) electrons. The number of hydrogen-bond donors (Lipinski definition) is 0. The number of ether oxygens (including phenoxy) is 1. The normalized spacial score (nSPS) is 14.7. The molecule has 1 aliphatic heterocycles. The lowest BCUT2D eigenvalue weighted by Gasteiger charge is -2.17. The number of likely N-dealkylation sites (tertiary alicyclic amines) is 1. The van der Waals surface area contributed by atoms with Crippen LogP contribution in [0.25, 0.3) is 0 Å².